The Labute approximate surface area is 140 Å². The lowest BCUT2D eigenvalue weighted by atomic mass is 10.1. The molecular weight excluding hydrogens is 300 g/mol. The van der Waals surface area contributed by atoms with Crippen molar-refractivity contribution in [3.8, 4) is 0 Å². The average molecular weight is 318 g/mol. The zero-order valence-corrected chi connectivity index (χ0v) is 13.2. The smallest absolute Gasteiger partial charge is 0.250 e. The molecule has 120 valence electrons. The maximum Gasteiger partial charge on any atom is 0.250 e. The highest BCUT2D eigenvalue weighted by molar-refractivity contribution is 5.55. The number of hydrogen-bond donors (Lipinski definition) is 1. The van der Waals surface area contributed by atoms with Crippen LogP contribution in [0.15, 0.2) is 78.4 Å². The largest absolute Gasteiger partial charge is 0.508 e. The van der Waals surface area contributed by atoms with E-state index >= 15 is 0 Å². The summed E-state index contributed by atoms with van der Waals surface area (Å²) in [5, 5.41) is 9.46. The number of nitrogens with zero attached hydrogens (tertiary/aromatic N) is 2. The van der Waals surface area contributed by atoms with E-state index in [0.717, 1.165) is 16.8 Å². The van der Waals surface area contributed by atoms with Gasteiger partial charge in [-0.25, -0.2) is 0 Å². The van der Waals surface area contributed by atoms with Crippen molar-refractivity contribution in [2.45, 2.75) is 13.0 Å². The third kappa shape index (κ3) is 3.79. The van der Waals surface area contributed by atoms with Gasteiger partial charge in [-0.3, -0.25) is 9.78 Å². The molecule has 0 spiro atoms. The molecule has 0 aliphatic carbocycles. The van der Waals surface area contributed by atoms with Gasteiger partial charge in [-0.05, 0) is 29.3 Å². The predicted octanol–water partition coefficient (Wildman–Crippen LogP) is 3.41. The zero-order chi connectivity index (χ0) is 16.9. The van der Waals surface area contributed by atoms with Gasteiger partial charge in [0.15, 0.2) is 0 Å². The summed E-state index contributed by atoms with van der Waals surface area (Å²) in [4.78, 5) is 16.1. The molecule has 0 amide bonds. The van der Waals surface area contributed by atoms with Crippen molar-refractivity contribution in [3.63, 3.8) is 0 Å². The highest BCUT2D eigenvalue weighted by atomic mass is 16.3. The fourth-order valence-corrected chi connectivity index (χ4v) is 2.51. The highest BCUT2D eigenvalue weighted by Gasteiger charge is 2.03. The van der Waals surface area contributed by atoms with Gasteiger partial charge in [-0.2, -0.15) is 0 Å². The van der Waals surface area contributed by atoms with Crippen LogP contribution in [0.4, 0.5) is 0 Å². The number of aliphatic hydroxyl groups is 1. The number of pyridine rings is 2. The maximum atomic E-state index is 11.7. The molecule has 0 saturated heterocycles. The fourth-order valence-electron chi connectivity index (χ4n) is 2.51. The molecule has 0 aliphatic rings. The minimum atomic E-state index is -0.00757. The van der Waals surface area contributed by atoms with Crippen LogP contribution in [0.2, 0.25) is 0 Å². The minimum Gasteiger partial charge on any atom is -0.508 e. The molecule has 0 atom stereocenters. The van der Waals surface area contributed by atoms with Crippen LogP contribution in [0.25, 0.3) is 5.76 Å². The monoisotopic (exact) mass is 318 g/mol. The quantitative estimate of drug-likeness (QED) is 0.734. The van der Waals surface area contributed by atoms with Gasteiger partial charge in [-0.1, -0.05) is 36.9 Å². The first-order valence-electron chi connectivity index (χ1n) is 7.68. The van der Waals surface area contributed by atoms with E-state index in [0.29, 0.717) is 18.5 Å². The summed E-state index contributed by atoms with van der Waals surface area (Å²) in [6.07, 6.45) is 4.13. The summed E-state index contributed by atoms with van der Waals surface area (Å²) in [5.74, 6) is 0.0438. The number of rotatable bonds is 5. The molecule has 3 aromatic rings. The molecular formula is C20H18N2O2. The Morgan fingerprint density at radius 2 is 1.83 bits per heavy atom. The second-order valence-corrected chi connectivity index (χ2v) is 5.64. The van der Waals surface area contributed by atoms with Gasteiger partial charge in [0.2, 0.25) is 0 Å². The first-order chi connectivity index (χ1) is 11.6. The Morgan fingerprint density at radius 3 is 2.54 bits per heavy atom. The molecule has 0 saturated carbocycles. The lowest BCUT2D eigenvalue weighted by Gasteiger charge is -2.07. The molecule has 3 rings (SSSR count). The molecule has 1 aromatic carbocycles. The van der Waals surface area contributed by atoms with Crippen LogP contribution in [0, 0.1) is 0 Å². The van der Waals surface area contributed by atoms with Gasteiger partial charge < -0.3 is 9.67 Å². The molecule has 2 aromatic heterocycles. The second-order valence-electron chi connectivity index (χ2n) is 5.64. The van der Waals surface area contributed by atoms with Crippen LogP contribution in [-0.2, 0) is 13.0 Å². The number of benzene rings is 1. The average Bonchev–Trinajstić information content (AvgIpc) is 2.59. The van der Waals surface area contributed by atoms with Crippen molar-refractivity contribution in [2.24, 2.45) is 0 Å². The molecule has 0 aliphatic heterocycles. The number of aliphatic hydroxyl groups excluding tert-OH is 1. The van der Waals surface area contributed by atoms with Crippen molar-refractivity contribution in [1.82, 2.24) is 9.55 Å². The van der Waals surface area contributed by atoms with Crippen LogP contribution in [0.5, 0.6) is 0 Å². The Hall–Kier alpha value is -3.14. The van der Waals surface area contributed by atoms with Crippen molar-refractivity contribution < 1.29 is 5.11 Å². The van der Waals surface area contributed by atoms with Crippen LogP contribution in [0.1, 0.15) is 22.4 Å². The van der Waals surface area contributed by atoms with Crippen LogP contribution >= 0.6 is 0 Å². The van der Waals surface area contributed by atoms with E-state index < -0.39 is 0 Å². The Bertz CT molecular complexity index is 911. The van der Waals surface area contributed by atoms with E-state index in [1.54, 1.807) is 35.2 Å². The maximum absolute atomic E-state index is 11.7. The van der Waals surface area contributed by atoms with E-state index in [4.69, 9.17) is 0 Å². The van der Waals surface area contributed by atoms with E-state index in [9.17, 15) is 9.90 Å². The molecule has 4 nitrogen and oxygen atoms in total. The zero-order valence-electron chi connectivity index (χ0n) is 13.2. The standard InChI is InChI=1S/C20H18N2O2/c1-15(23)18-9-10-21-19(13-18)12-16-5-7-17(8-6-16)14-22-11-3-2-4-20(22)24/h2-11,13,23H,1,12,14H2. The summed E-state index contributed by atoms with van der Waals surface area (Å²) < 4.78 is 1.67. The summed E-state index contributed by atoms with van der Waals surface area (Å²) in [5.41, 5.74) is 3.73. The first-order valence-corrected chi connectivity index (χ1v) is 7.68. The minimum absolute atomic E-state index is 0.00757. The van der Waals surface area contributed by atoms with Gasteiger partial charge in [0, 0.05) is 36.1 Å². The Morgan fingerprint density at radius 1 is 1.08 bits per heavy atom. The molecule has 24 heavy (non-hydrogen) atoms. The molecule has 2 heterocycles. The normalized spacial score (nSPS) is 10.5. The van der Waals surface area contributed by atoms with Crippen LogP contribution in [0.3, 0.4) is 0 Å². The molecule has 0 radical (unpaired) electrons. The summed E-state index contributed by atoms with van der Waals surface area (Å²) >= 11 is 0. The first kappa shape index (κ1) is 15.7. The van der Waals surface area contributed by atoms with Gasteiger partial charge in [0.25, 0.3) is 5.56 Å². The van der Waals surface area contributed by atoms with Crippen molar-refractivity contribution >= 4 is 5.76 Å². The highest BCUT2D eigenvalue weighted by Crippen LogP contribution is 2.14. The molecule has 1 N–H and O–H groups in total. The van der Waals surface area contributed by atoms with Crippen LogP contribution in [-0.4, -0.2) is 14.7 Å². The second kappa shape index (κ2) is 6.96. The Kier molecular flexibility index (Phi) is 4.57. The third-order valence-corrected chi connectivity index (χ3v) is 3.81. The van der Waals surface area contributed by atoms with Crippen molar-refractivity contribution in [2.75, 3.05) is 0 Å². The molecule has 4 heteroatoms. The van der Waals surface area contributed by atoms with Gasteiger partial charge in [-0.15, -0.1) is 0 Å². The summed E-state index contributed by atoms with van der Waals surface area (Å²) in [6.45, 7) is 4.09. The van der Waals surface area contributed by atoms with E-state index in [2.05, 4.69) is 11.6 Å². The van der Waals surface area contributed by atoms with E-state index in [1.165, 1.54) is 0 Å². The number of hydrogen-bond acceptors (Lipinski definition) is 3. The lowest BCUT2D eigenvalue weighted by molar-refractivity contribution is 0.513. The Balaban J connectivity index is 1.73. The van der Waals surface area contributed by atoms with E-state index in [1.807, 2.05) is 36.4 Å². The van der Waals surface area contributed by atoms with Gasteiger partial charge in [0.1, 0.15) is 5.76 Å². The fraction of sp³-hybridized carbons (Fsp3) is 0.100. The predicted molar refractivity (Wildman–Crippen MR) is 95.0 cm³/mol. The SMILES string of the molecule is C=C(O)c1ccnc(Cc2ccc(Cn3ccccc3=O)cc2)c1. The topological polar surface area (TPSA) is 55.1 Å². The third-order valence-electron chi connectivity index (χ3n) is 3.81. The lowest BCUT2D eigenvalue weighted by Crippen LogP contribution is -2.18. The van der Waals surface area contributed by atoms with Crippen molar-refractivity contribution in [1.29, 1.82) is 0 Å². The van der Waals surface area contributed by atoms with Gasteiger partial charge in [0.05, 0.1) is 6.54 Å². The van der Waals surface area contributed by atoms with Crippen molar-refractivity contribution in [3.05, 3.63) is 106 Å². The van der Waals surface area contributed by atoms with Gasteiger partial charge >= 0.3 is 0 Å². The molecule has 0 unspecified atom stereocenters. The number of aromatic nitrogens is 2. The van der Waals surface area contributed by atoms with Crippen LogP contribution < -0.4 is 5.56 Å². The summed E-state index contributed by atoms with van der Waals surface area (Å²) in [7, 11) is 0. The van der Waals surface area contributed by atoms with E-state index in [-0.39, 0.29) is 11.3 Å². The summed E-state index contributed by atoms with van der Waals surface area (Å²) in [6, 6.07) is 16.8. The molecule has 0 fully saturated rings. The molecule has 0 bridgehead atoms.